The Labute approximate surface area is 94.8 Å². The summed E-state index contributed by atoms with van der Waals surface area (Å²) >= 11 is 0. The monoisotopic (exact) mass is 218 g/mol. The molecule has 1 N–H and O–H groups in total. The van der Waals surface area contributed by atoms with Crippen molar-refractivity contribution in [3.8, 4) is 11.8 Å². The van der Waals surface area contributed by atoms with Crippen LogP contribution in [0.2, 0.25) is 0 Å². The van der Waals surface area contributed by atoms with Crippen LogP contribution in [-0.2, 0) is 0 Å². The summed E-state index contributed by atoms with van der Waals surface area (Å²) in [7, 11) is 0. The number of carbonyl (C=O) groups is 1. The summed E-state index contributed by atoms with van der Waals surface area (Å²) < 4.78 is 5.00. The number of nitrogens with one attached hydrogen (secondary N) is 1. The number of hydrogen-bond acceptors (Lipinski definition) is 3. The Morgan fingerprint density at radius 2 is 2.06 bits per heavy atom. The maximum Gasteiger partial charge on any atom is 0.412 e. The number of nitriles is 1. The fraction of sp³-hybridized carbons (Fsp3) is 0.333. The summed E-state index contributed by atoms with van der Waals surface area (Å²) in [4.78, 5) is 11.3. The molecule has 84 valence electrons. The van der Waals surface area contributed by atoms with Gasteiger partial charge in [0.25, 0.3) is 0 Å². The molecule has 4 nitrogen and oxygen atoms in total. The molecular weight excluding hydrogens is 204 g/mol. The van der Waals surface area contributed by atoms with Crippen molar-refractivity contribution in [1.82, 2.24) is 5.32 Å². The first-order valence-corrected chi connectivity index (χ1v) is 5.07. The van der Waals surface area contributed by atoms with Crippen molar-refractivity contribution in [3.05, 3.63) is 29.8 Å². The molecule has 16 heavy (non-hydrogen) atoms. The molecule has 0 radical (unpaired) electrons. The fourth-order valence-corrected chi connectivity index (χ4v) is 1.03. The zero-order valence-electron chi connectivity index (χ0n) is 9.36. The summed E-state index contributed by atoms with van der Waals surface area (Å²) in [5.74, 6) is 0.814. The van der Waals surface area contributed by atoms with Crippen LogP contribution in [0.25, 0.3) is 0 Å². The van der Waals surface area contributed by atoms with E-state index in [9.17, 15) is 4.79 Å². The first-order valence-electron chi connectivity index (χ1n) is 5.07. The summed E-state index contributed by atoms with van der Waals surface area (Å²) in [6.45, 7) is 4.58. The molecule has 0 saturated heterocycles. The quantitative estimate of drug-likeness (QED) is 0.846. The van der Waals surface area contributed by atoms with Crippen LogP contribution in [0.4, 0.5) is 4.79 Å². The van der Waals surface area contributed by atoms with E-state index in [1.807, 2.05) is 19.9 Å². The van der Waals surface area contributed by atoms with Gasteiger partial charge in [0, 0.05) is 6.54 Å². The van der Waals surface area contributed by atoms with Crippen molar-refractivity contribution < 1.29 is 9.53 Å². The zero-order chi connectivity index (χ0) is 12.0. The molecule has 0 aliphatic rings. The van der Waals surface area contributed by atoms with Crippen LogP contribution in [0.1, 0.15) is 19.4 Å². The van der Waals surface area contributed by atoms with E-state index in [-0.39, 0.29) is 0 Å². The maximum atomic E-state index is 11.3. The Hall–Kier alpha value is -2.02. The average molecular weight is 218 g/mol. The van der Waals surface area contributed by atoms with Crippen molar-refractivity contribution in [1.29, 1.82) is 5.26 Å². The van der Waals surface area contributed by atoms with Gasteiger partial charge in [0.2, 0.25) is 0 Å². The van der Waals surface area contributed by atoms with Gasteiger partial charge < -0.3 is 10.1 Å². The average Bonchev–Trinajstić information content (AvgIpc) is 2.27. The summed E-state index contributed by atoms with van der Waals surface area (Å²) in [6.07, 6.45) is -0.474. The second-order valence-corrected chi connectivity index (χ2v) is 3.80. The fourth-order valence-electron chi connectivity index (χ4n) is 1.03. The van der Waals surface area contributed by atoms with Crippen LogP contribution < -0.4 is 10.1 Å². The minimum absolute atomic E-state index is 0.383. The molecule has 0 aromatic heterocycles. The van der Waals surface area contributed by atoms with Gasteiger partial charge in [-0.3, -0.25) is 0 Å². The largest absolute Gasteiger partial charge is 0.412 e. The van der Waals surface area contributed by atoms with E-state index >= 15 is 0 Å². The predicted molar refractivity (Wildman–Crippen MR) is 60.0 cm³/mol. The Bertz CT molecular complexity index is 390. The van der Waals surface area contributed by atoms with Crippen molar-refractivity contribution in [2.75, 3.05) is 6.54 Å². The minimum Gasteiger partial charge on any atom is -0.410 e. The van der Waals surface area contributed by atoms with Gasteiger partial charge in [-0.15, -0.1) is 0 Å². The second kappa shape index (κ2) is 5.76. The predicted octanol–water partition coefficient (Wildman–Crippen LogP) is 2.30. The molecule has 0 aliphatic heterocycles. The van der Waals surface area contributed by atoms with Gasteiger partial charge in [0.1, 0.15) is 5.75 Å². The lowest BCUT2D eigenvalue weighted by Crippen LogP contribution is -2.30. The van der Waals surface area contributed by atoms with E-state index < -0.39 is 6.09 Å². The molecule has 1 aromatic rings. The molecule has 0 unspecified atom stereocenters. The third-order valence-electron chi connectivity index (χ3n) is 1.85. The summed E-state index contributed by atoms with van der Waals surface area (Å²) in [5, 5.41) is 11.2. The molecule has 0 bridgehead atoms. The zero-order valence-corrected chi connectivity index (χ0v) is 9.36. The summed E-state index contributed by atoms with van der Waals surface area (Å²) in [5.41, 5.74) is 0.537. The number of amides is 1. The van der Waals surface area contributed by atoms with E-state index in [1.54, 1.807) is 24.3 Å². The smallest absolute Gasteiger partial charge is 0.410 e. The van der Waals surface area contributed by atoms with Crippen LogP contribution in [0.3, 0.4) is 0 Å². The Kier molecular flexibility index (Phi) is 4.34. The van der Waals surface area contributed by atoms with Crippen LogP contribution in [-0.4, -0.2) is 12.6 Å². The normalized spacial score (nSPS) is 9.62. The Morgan fingerprint density at radius 3 is 2.56 bits per heavy atom. The number of hydrogen-bond donors (Lipinski definition) is 1. The molecule has 0 atom stereocenters. The first kappa shape index (κ1) is 12.1. The molecule has 0 heterocycles. The van der Waals surface area contributed by atoms with E-state index in [2.05, 4.69) is 5.32 Å². The highest BCUT2D eigenvalue weighted by Crippen LogP contribution is 2.11. The van der Waals surface area contributed by atoms with Gasteiger partial charge in [0.05, 0.1) is 11.6 Å². The van der Waals surface area contributed by atoms with Crippen LogP contribution >= 0.6 is 0 Å². The first-order chi connectivity index (χ1) is 7.61. The van der Waals surface area contributed by atoms with Gasteiger partial charge in [0.15, 0.2) is 0 Å². The highest BCUT2D eigenvalue weighted by molar-refractivity contribution is 5.70. The molecule has 4 heteroatoms. The molecule has 1 aromatic carbocycles. The number of rotatable bonds is 3. The van der Waals surface area contributed by atoms with Gasteiger partial charge in [-0.05, 0) is 30.2 Å². The van der Waals surface area contributed by atoms with Crippen molar-refractivity contribution in [2.45, 2.75) is 13.8 Å². The van der Waals surface area contributed by atoms with Crippen LogP contribution in [0.15, 0.2) is 24.3 Å². The van der Waals surface area contributed by atoms with Crippen molar-refractivity contribution in [3.63, 3.8) is 0 Å². The molecular formula is C12H14N2O2. The number of carbonyl (C=O) groups excluding carboxylic acids is 1. The van der Waals surface area contributed by atoms with E-state index in [4.69, 9.17) is 10.00 Å². The van der Waals surface area contributed by atoms with Gasteiger partial charge in [-0.1, -0.05) is 13.8 Å². The highest BCUT2D eigenvalue weighted by Gasteiger charge is 2.04. The maximum absolute atomic E-state index is 11.3. The Morgan fingerprint density at radius 1 is 1.44 bits per heavy atom. The Balaban J connectivity index is 2.47. The molecule has 0 saturated carbocycles. The van der Waals surface area contributed by atoms with Gasteiger partial charge in [-0.25, -0.2) is 4.79 Å². The molecule has 0 spiro atoms. The van der Waals surface area contributed by atoms with Gasteiger partial charge in [-0.2, -0.15) is 5.26 Å². The van der Waals surface area contributed by atoms with Crippen molar-refractivity contribution in [2.24, 2.45) is 5.92 Å². The second-order valence-electron chi connectivity index (χ2n) is 3.80. The van der Waals surface area contributed by atoms with E-state index in [0.717, 1.165) is 0 Å². The van der Waals surface area contributed by atoms with Crippen LogP contribution in [0.5, 0.6) is 5.75 Å². The van der Waals surface area contributed by atoms with Crippen molar-refractivity contribution >= 4 is 6.09 Å². The number of benzene rings is 1. The van der Waals surface area contributed by atoms with Gasteiger partial charge >= 0.3 is 6.09 Å². The lowest BCUT2D eigenvalue weighted by Gasteiger charge is -2.08. The highest BCUT2D eigenvalue weighted by atomic mass is 16.5. The van der Waals surface area contributed by atoms with E-state index in [0.29, 0.717) is 23.8 Å². The molecule has 0 aliphatic carbocycles. The standard InChI is InChI=1S/C12H14N2O2/c1-9(2)8-14-12(15)16-11-5-3-10(7-13)4-6-11/h3-6,9H,8H2,1-2H3,(H,14,15). The molecule has 1 amide bonds. The number of nitrogens with zero attached hydrogens (tertiary/aromatic N) is 1. The van der Waals surface area contributed by atoms with Crippen LogP contribution in [0, 0.1) is 17.2 Å². The van der Waals surface area contributed by atoms with E-state index in [1.165, 1.54) is 0 Å². The SMILES string of the molecule is CC(C)CNC(=O)Oc1ccc(C#N)cc1. The minimum atomic E-state index is -0.474. The lowest BCUT2D eigenvalue weighted by molar-refractivity contribution is 0.199. The summed E-state index contributed by atoms with van der Waals surface area (Å²) in [6, 6.07) is 8.38. The topological polar surface area (TPSA) is 62.1 Å². The lowest BCUT2D eigenvalue weighted by atomic mass is 10.2. The third kappa shape index (κ3) is 4.01. The number of ether oxygens (including phenoxy) is 1. The third-order valence-corrected chi connectivity index (χ3v) is 1.85. The molecule has 1 rings (SSSR count). The molecule has 0 fully saturated rings.